The second-order valence-electron chi connectivity index (χ2n) is 4.11. The molecule has 0 radical (unpaired) electrons. The summed E-state index contributed by atoms with van der Waals surface area (Å²) in [6, 6.07) is 11.5. The third-order valence-electron chi connectivity index (χ3n) is 2.64. The minimum atomic E-state index is -0.277. The Bertz CT molecular complexity index is 715. The number of amides is 1. The molecule has 3 nitrogen and oxygen atoms in total. The summed E-state index contributed by atoms with van der Waals surface area (Å²) in [5, 5.41) is 12.6. The van der Waals surface area contributed by atoms with Gasteiger partial charge in [-0.15, -0.1) is 0 Å². The number of aliphatic hydroxyl groups excluding tert-OH is 1. The zero-order valence-electron chi connectivity index (χ0n) is 10.9. The van der Waals surface area contributed by atoms with Crippen molar-refractivity contribution in [3.63, 3.8) is 0 Å². The van der Waals surface area contributed by atoms with Gasteiger partial charge < -0.3 is 10.4 Å². The molecule has 0 unspecified atom stereocenters. The molecule has 0 aliphatic carbocycles. The molecular weight excluding hydrogens is 309 g/mol. The summed E-state index contributed by atoms with van der Waals surface area (Å²) in [6.07, 6.45) is 0. The predicted octanol–water partition coefficient (Wildman–Crippen LogP) is 3.59. The fourth-order valence-electron chi connectivity index (χ4n) is 1.66. The Balaban J connectivity index is 2.26. The molecule has 0 saturated carbocycles. The van der Waals surface area contributed by atoms with Crippen LogP contribution in [0.1, 0.15) is 15.9 Å². The molecule has 5 heteroatoms. The molecule has 0 aromatic heterocycles. The molecule has 2 aromatic rings. The normalized spacial score (nSPS) is 9.67. The topological polar surface area (TPSA) is 49.3 Å². The van der Waals surface area contributed by atoms with Crippen LogP contribution in [0.25, 0.3) is 0 Å². The average Bonchev–Trinajstić information content (AvgIpc) is 2.48. The van der Waals surface area contributed by atoms with Gasteiger partial charge in [0, 0.05) is 21.2 Å². The number of rotatable bonds is 2. The van der Waals surface area contributed by atoms with Crippen molar-refractivity contribution in [2.75, 3.05) is 11.9 Å². The van der Waals surface area contributed by atoms with Crippen LogP contribution in [0.2, 0.25) is 10.0 Å². The number of halogens is 2. The van der Waals surface area contributed by atoms with Crippen LogP contribution in [0.3, 0.4) is 0 Å². The van der Waals surface area contributed by atoms with E-state index in [0.29, 0.717) is 26.9 Å². The van der Waals surface area contributed by atoms with Crippen molar-refractivity contribution < 1.29 is 9.90 Å². The van der Waals surface area contributed by atoms with Gasteiger partial charge in [0.05, 0.1) is 5.69 Å². The molecule has 2 rings (SSSR count). The van der Waals surface area contributed by atoms with Crippen LogP contribution in [0.4, 0.5) is 5.69 Å². The van der Waals surface area contributed by atoms with Gasteiger partial charge in [0.15, 0.2) is 0 Å². The van der Waals surface area contributed by atoms with E-state index in [0.717, 1.165) is 0 Å². The first-order chi connectivity index (χ1) is 10.1. The van der Waals surface area contributed by atoms with Gasteiger partial charge in [-0.3, -0.25) is 4.79 Å². The Morgan fingerprint density at radius 2 is 1.76 bits per heavy atom. The highest BCUT2D eigenvalue weighted by Crippen LogP contribution is 2.21. The van der Waals surface area contributed by atoms with Gasteiger partial charge in [0.1, 0.15) is 6.61 Å². The van der Waals surface area contributed by atoms with E-state index < -0.39 is 0 Å². The highest BCUT2D eigenvalue weighted by Gasteiger charge is 2.08. The number of carbonyl (C=O) groups is 1. The lowest BCUT2D eigenvalue weighted by molar-refractivity contribution is 0.102. The monoisotopic (exact) mass is 319 g/mol. The molecule has 0 heterocycles. The van der Waals surface area contributed by atoms with E-state index in [4.69, 9.17) is 28.3 Å². The van der Waals surface area contributed by atoms with E-state index in [-0.39, 0.29) is 12.5 Å². The lowest BCUT2D eigenvalue weighted by Crippen LogP contribution is -2.12. The molecule has 0 spiro atoms. The summed E-state index contributed by atoms with van der Waals surface area (Å²) in [6.45, 7) is -0.267. The number of carbonyl (C=O) groups excluding carboxylic acids is 1. The molecule has 106 valence electrons. The van der Waals surface area contributed by atoms with E-state index in [1.54, 1.807) is 42.5 Å². The Hall–Kier alpha value is -1.99. The number of hydrogen-bond donors (Lipinski definition) is 2. The number of aliphatic hydroxyl groups is 1. The molecule has 2 aromatic carbocycles. The van der Waals surface area contributed by atoms with Crippen LogP contribution in [-0.4, -0.2) is 17.6 Å². The van der Waals surface area contributed by atoms with E-state index in [2.05, 4.69) is 17.2 Å². The van der Waals surface area contributed by atoms with Gasteiger partial charge in [-0.2, -0.15) is 0 Å². The second kappa shape index (κ2) is 7.14. The van der Waals surface area contributed by atoms with Crippen molar-refractivity contribution in [2.24, 2.45) is 0 Å². The molecule has 2 N–H and O–H groups in total. The molecule has 0 aliphatic rings. The Morgan fingerprint density at radius 1 is 1.10 bits per heavy atom. The molecule has 0 atom stereocenters. The SMILES string of the molecule is O=C(Nc1ccc(Cl)cc1C#CCO)c1ccc(Cl)cc1. The fraction of sp³-hybridized carbons (Fsp3) is 0.0625. The van der Waals surface area contributed by atoms with Gasteiger partial charge in [0.2, 0.25) is 0 Å². The van der Waals surface area contributed by atoms with Gasteiger partial charge in [-0.05, 0) is 42.5 Å². The zero-order valence-corrected chi connectivity index (χ0v) is 12.4. The quantitative estimate of drug-likeness (QED) is 0.831. The highest BCUT2D eigenvalue weighted by atomic mass is 35.5. The second-order valence-corrected chi connectivity index (χ2v) is 4.98. The maximum atomic E-state index is 12.2. The van der Waals surface area contributed by atoms with E-state index in [1.807, 2.05) is 0 Å². The Morgan fingerprint density at radius 3 is 2.43 bits per heavy atom. The van der Waals surface area contributed by atoms with Crippen LogP contribution in [0, 0.1) is 11.8 Å². The summed E-state index contributed by atoms with van der Waals surface area (Å²) < 4.78 is 0. The summed E-state index contributed by atoms with van der Waals surface area (Å²) in [7, 11) is 0. The Labute approximate surface area is 132 Å². The number of benzene rings is 2. The van der Waals surface area contributed by atoms with Crippen molar-refractivity contribution >= 4 is 34.8 Å². The summed E-state index contributed by atoms with van der Waals surface area (Å²) >= 11 is 11.7. The van der Waals surface area contributed by atoms with Crippen molar-refractivity contribution in [3.8, 4) is 11.8 Å². The number of hydrogen-bond acceptors (Lipinski definition) is 2. The highest BCUT2D eigenvalue weighted by molar-refractivity contribution is 6.31. The zero-order chi connectivity index (χ0) is 15.2. The van der Waals surface area contributed by atoms with Crippen molar-refractivity contribution in [1.29, 1.82) is 0 Å². The van der Waals surface area contributed by atoms with Crippen LogP contribution in [-0.2, 0) is 0 Å². The molecule has 0 fully saturated rings. The van der Waals surface area contributed by atoms with E-state index >= 15 is 0 Å². The summed E-state index contributed by atoms with van der Waals surface area (Å²) in [5.41, 5.74) is 1.55. The minimum Gasteiger partial charge on any atom is -0.384 e. The van der Waals surface area contributed by atoms with Crippen LogP contribution >= 0.6 is 23.2 Å². The molecule has 21 heavy (non-hydrogen) atoms. The molecule has 0 bridgehead atoms. The molecule has 1 amide bonds. The van der Waals surface area contributed by atoms with Gasteiger partial charge in [0.25, 0.3) is 5.91 Å². The van der Waals surface area contributed by atoms with Crippen molar-refractivity contribution in [1.82, 2.24) is 0 Å². The Kier molecular flexibility index (Phi) is 5.24. The standard InChI is InChI=1S/C16H11Cl2NO2/c17-13-5-3-11(4-6-13)16(21)19-15-8-7-14(18)10-12(15)2-1-9-20/h3-8,10,20H,9H2,(H,19,21). The molecular formula is C16H11Cl2NO2. The lowest BCUT2D eigenvalue weighted by Gasteiger charge is -2.08. The third kappa shape index (κ3) is 4.24. The lowest BCUT2D eigenvalue weighted by atomic mass is 10.1. The first-order valence-electron chi connectivity index (χ1n) is 6.06. The van der Waals surface area contributed by atoms with Crippen LogP contribution in [0.5, 0.6) is 0 Å². The third-order valence-corrected chi connectivity index (χ3v) is 3.13. The van der Waals surface area contributed by atoms with Gasteiger partial charge in [-0.25, -0.2) is 0 Å². The largest absolute Gasteiger partial charge is 0.384 e. The van der Waals surface area contributed by atoms with Crippen molar-refractivity contribution in [2.45, 2.75) is 0 Å². The van der Waals surface area contributed by atoms with Crippen molar-refractivity contribution in [3.05, 3.63) is 63.6 Å². The smallest absolute Gasteiger partial charge is 0.255 e. The van der Waals surface area contributed by atoms with Crippen LogP contribution in [0.15, 0.2) is 42.5 Å². The van der Waals surface area contributed by atoms with E-state index in [1.165, 1.54) is 0 Å². The fourth-order valence-corrected chi connectivity index (χ4v) is 1.96. The summed E-state index contributed by atoms with van der Waals surface area (Å²) in [4.78, 5) is 12.2. The molecule has 0 saturated heterocycles. The van der Waals surface area contributed by atoms with Gasteiger partial charge >= 0.3 is 0 Å². The first kappa shape index (κ1) is 15.4. The first-order valence-corrected chi connectivity index (χ1v) is 6.82. The number of anilines is 1. The minimum absolute atomic E-state index is 0.267. The van der Waals surface area contributed by atoms with E-state index in [9.17, 15) is 4.79 Å². The summed E-state index contributed by atoms with van der Waals surface area (Å²) in [5.74, 6) is 5.00. The average molecular weight is 320 g/mol. The number of nitrogens with one attached hydrogen (secondary N) is 1. The maximum absolute atomic E-state index is 12.2. The predicted molar refractivity (Wildman–Crippen MR) is 84.8 cm³/mol. The van der Waals surface area contributed by atoms with Gasteiger partial charge in [-0.1, -0.05) is 35.0 Å². The molecule has 0 aliphatic heterocycles. The maximum Gasteiger partial charge on any atom is 0.255 e. The van der Waals surface area contributed by atoms with Crippen LogP contribution < -0.4 is 5.32 Å².